The molecule has 0 unspecified atom stereocenters. The average Bonchev–Trinajstić information content (AvgIpc) is 2.12. The molecular weight excluding hydrogens is 234 g/mol. The van der Waals surface area contributed by atoms with E-state index in [1.807, 2.05) is 20.8 Å². The predicted octanol–water partition coefficient (Wildman–Crippen LogP) is 3.52. The van der Waals surface area contributed by atoms with Gasteiger partial charge in [-0.3, -0.25) is 4.79 Å². The summed E-state index contributed by atoms with van der Waals surface area (Å²) in [6.45, 7) is 5.85. The van der Waals surface area contributed by atoms with Gasteiger partial charge in [0.2, 0.25) is 0 Å². The van der Waals surface area contributed by atoms with Crippen molar-refractivity contribution < 1.29 is 13.6 Å². The molecule has 0 amide bonds. The zero-order chi connectivity index (χ0) is 13.8. The third-order valence-electron chi connectivity index (χ3n) is 2.07. The Bertz CT molecular complexity index is 481. The summed E-state index contributed by atoms with van der Waals surface area (Å²) in [5.41, 5.74) is 0.195. The summed E-state index contributed by atoms with van der Waals surface area (Å²) in [6, 6.07) is 3.11. The van der Waals surface area contributed by atoms with Crippen molar-refractivity contribution in [2.75, 3.05) is 0 Å². The number of ketones is 1. The van der Waals surface area contributed by atoms with E-state index in [4.69, 9.17) is 0 Å². The van der Waals surface area contributed by atoms with Gasteiger partial charge in [0.05, 0.1) is 6.42 Å². The lowest BCUT2D eigenvalue weighted by Gasteiger charge is -2.06. The zero-order valence-electron chi connectivity index (χ0n) is 10.8. The molecule has 0 N–H and O–H groups in total. The van der Waals surface area contributed by atoms with E-state index in [0.29, 0.717) is 5.56 Å². The zero-order valence-corrected chi connectivity index (χ0v) is 10.8. The monoisotopic (exact) mass is 250 g/mol. The van der Waals surface area contributed by atoms with Crippen LogP contribution in [0.3, 0.4) is 0 Å². The molecule has 0 radical (unpaired) electrons. The van der Waals surface area contributed by atoms with E-state index in [-0.39, 0.29) is 24.0 Å². The Balaban J connectivity index is 2.62. The van der Waals surface area contributed by atoms with Gasteiger partial charge in [-0.05, 0) is 38.5 Å². The first-order valence-electron chi connectivity index (χ1n) is 5.73. The van der Waals surface area contributed by atoms with E-state index < -0.39 is 11.6 Å². The lowest BCUT2D eigenvalue weighted by molar-refractivity contribution is -0.117. The first kappa shape index (κ1) is 14.4. The van der Waals surface area contributed by atoms with Crippen molar-refractivity contribution in [2.24, 2.45) is 5.41 Å². The highest BCUT2D eigenvalue weighted by molar-refractivity contribution is 5.83. The molecule has 1 aromatic rings. The number of hydrogen-bond donors (Lipinski definition) is 0. The van der Waals surface area contributed by atoms with Crippen molar-refractivity contribution in [3.63, 3.8) is 0 Å². The quantitative estimate of drug-likeness (QED) is 0.750. The molecule has 0 saturated carbocycles. The highest BCUT2D eigenvalue weighted by Crippen LogP contribution is 2.11. The van der Waals surface area contributed by atoms with Crippen LogP contribution in [0.25, 0.3) is 0 Å². The molecule has 0 aromatic heterocycles. The number of rotatable bonds is 3. The van der Waals surface area contributed by atoms with Gasteiger partial charge in [-0.2, -0.15) is 0 Å². The number of halogens is 2. The van der Waals surface area contributed by atoms with E-state index in [1.54, 1.807) is 0 Å². The van der Waals surface area contributed by atoms with Gasteiger partial charge >= 0.3 is 0 Å². The van der Waals surface area contributed by atoms with Crippen LogP contribution in [0.2, 0.25) is 0 Å². The topological polar surface area (TPSA) is 17.1 Å². The fourth-order valence-corrected chi connectivity index (χ4v) is 1.41. The molecule has 18 heavy (non-hydrogen) atoms. The molecule has 0 aliphatic heterocycles. The SMILES string of the molecule is CC(C)(C)C#CCC(=O)Cc1cc(F)cc(F)c1. The molecule has 0 aliphatic rings. The fraction of sp³-hybridized carbons (Fsp3) is 0.400. The van der Waals surface area contributed by atoms with Crippen molar-refractivity contribution >= 4 is 5.78 Å². The largest absolute Gasteiger partial charge is 0.298 e. The maximum atomic E-state index is 12.9. The highest BCUT2D eigenvalue weighted by Gasteiger charge is 2.07. The van der Waals surface area contributed by atoms with E-state index in [2.05, 4.69) is 11.8 Å². The summed E-state index contributed by atoms with van der Waals surface area (Å²) in [5, 5.41) is 0. The van der Waals surface area contributed by atoms with Crippen LogP contribution >= 0.6 is 0 Å². The molecule has 1 nitrogen and oxygen atoms in total. The summed E-state index contributed by atoms with van der Waals surface area (Å²) in [4.78, 5) is 11.6. The second kappa shape index (κ2) is 5.77. The standard InChI is InChI=1S/C15H16F2O/c1-15(2,3)6-4-5-14(18)9-11-7-12(16)10-13(17)8-11/h7-8,10H,5,9H2,1-3H3. The number of Topliss-reactive ketones (excluding diaryl/α,β-unsaturated/α-hetero) is 1. The molecule has 0 fully saturated rings. The summed E-state index contributed by atoms with van der Waals surface area (Å²) in [6.07, 6.45) is 0.114. The molecule has 0 spiro atoms. The van der Waals surface area contributed by atoms with Crippen molar-refractivity contribution in [3.8, 4) is 11.8 Å². The fourth-order valence-electron chi connectivity index (χ4n) is 1.41. The molecule has 0 atom stereocenters. The second-order valence-corrected chi connectivity index (χ2v) is 5.22. The first-order chi connectivity index (χ1) is 8.26. The van der Waals surface area contributed by atoms with Crippen molar-refractivity contribution in [2.45, 2.75) is 33.6 Å². The van der Waals surface area contributed by atoms with Crippen LogP contribution in [0.5, 0.6) is 0 Å². The van der Waals surface area contributed by atoms with Gasteiger partial charge in [0.25, 0.3) is 0 Å². The molecule has 0 aliphatic carbocycles. The molecule has 96 valence electrons. The van der Waals surface area contributed by atoms with Crippen LogP contribution in [0.15, 0.2) is 18.2 Å². The number of carbonyl (C=O) groups excluding carboxylic acids is 1. The Hall–Kier alpha value is -1.69. The van der Waals surface area contributed by atoms with Gasteiger partial charge < -0.3 is 0 Å². The van der Waals surface area contributed by atoms with Crippen LogP contribution in [-0.4, -0.2) is 5.78 Å². The van der Waals surface area contributed by atoms with Gasteiger partial charge in [-0.15, -0.1) is 0 Å². The van der Waals surface area contributed by atoms with Crippen molar-refractivity contribution in [1.29, 1.82) is 0 Å². The maximum absolute atomic E-state index is 12.9. The first-order valence-corrected chi connectivity index (χ1v) is 5.73. The summed E-state index contributed by atoms with van der Waals surface area (Å²) < 4.78 is 25.8. The third kappa shape index (κ3) is 5.58. The Morgan fingerprint density at radius 1 is 1.17 bits per heavy atom. The minimum absolute atomic E-state index is 0.00744. The van der Waals surface area contributed by atoms with Crippen LogP contribution < -0.4 is 0 Å². The predicted molar refractivity (Wildman–Crippen MR) is 66.9 cm³/mol. The minimum Gasteiger partial charge on any atom is -0.298 e. The molecule has 3 heteroatoms. The minimum atomic E-state index is -0.668. The van der Waals surface area contributed by atoms with Gasteiger partial charge in [0.15, 0.2) is 0 Å². The smallest absolute Gasteiger partial charge is 0.149 e. The average molecular weight is 250 g/mol. The van der Waals surface area contributed by atoms with Gasteiger partial charge in [-0.25, -0.2) is 8.78 Å². The summed E-state index contributed by atoms with van der Waals surface area (Å²) in [5.74, 6) is 4.25. The Labute approximate surface area is 106 Å². The van der Waals surface area contributed by atoms with Crippen LogP contribution in [0, 0.1) is 28.9 Å². The maximum Gasteiger partial charge on any atom is 0.149 e. The van der Waals surface area contributed by atoms with E-state index in [9.17, 15) is 13.6 Å². The molecule has 1 rings (SSSR count). The van der Waals surface area contributed by atoms with Gasteiger partial charge in [0, 0.05) is 17.9 Å². The van der Waals surface area contributed by atoms with Crippen molar-refractivity contribution in [1.82, 2.24) is 0 Å². The molecule has 0 saturated heterocycles. The second-order valence-electron chi connectivity index (χ2n) is 5.22. The third-order valence-corrected chi connectivity index (χ3v) is 2.07. The lowest BCUT2D eigenvalue weighted by Crippen LogP contribution is -2.04. The van der Waals surface area contributed by atoms with E-state index >= 15 is 0 Å². The van der Waals surface area contributed by atoms with Crippen LogP contribution in [-0.2, 0) is 11.2 Å². The Morgan fingerprint density at radius 3 is 2.22 bits per heavy atom. The van der Waals surface area contributed by atoms with Crippen LogP contribution in [0.1, 0.15) is 32.8 Å². The van der Waals surface area contributed by atoms with Gasteiger partial charge in [0.1, 0.15) is 17.4 Å². The summed E-state index contributed by atoms with van der Waals surface area (Å²) >= 11 is 0. The molecule has 1 aromatic carbocycles. The Kier molecular flexibility index (Phi) is 4.61. The summed E-state index contributed by atoms with van der Waals surface area (Å²) in [7, 11) is 0. The number of hydrogen-bond acceptors (Lipinski definition) is 1. The van der Waals surface area contributed by atoms with Gasteiger partial charge in [-0.1, -0.05) is 11.8 Å². The van der Waals surface area contributed by atoms with E-state index in [1.165, 1.54) is 0 Å². The molecular formula is C15H16F2O. The molecule has 0 heterocycles. The lowest BCUT2D eigenvalue weighted by atomic mass is 9.97. The Morgan fingerprint density at radius 2 is 1.72 bits per heavy atom. The van der Waals surface area contributed by atoms with E-state index in [0.717, 1.165) is 18.2 Å². The van der Waals surface area contributed by atoms with Crippen molar-refractivity contribution in [3.05, 3.63) is 35.4 Å². The number of carbonyl (C=O) groups is 1. The van der Waals surface area contributed by atoms with Crippen LogP contribution in [0.4, 0.5) is 8.78 Å². The molecule has 0 bridgehead atoms. The number of benzene rings is 1. The highest BCUT2D eigenvalue weighted by atomic mass is 19.1. The normalized spacial score (nSPS) is 10.7.